The molecule has 0 atom stereocenters. The summed E-state index contributed by atoms with van der Waals surface area (Å²) >= 11 is 6.56. The average molecular weight is 484 g/mol. The molecule has 4 rings (SSSR count). The Balaban J connectivity index is 1.37. The molecule has 0 unspecified atom stereocenters. The standard InChI is InChI=1S/C25H36ClF2N3O2/c1-23(2,3)33-22(32)31-13-8-24(9-14-31)7-12-29(18-24)17-19-5-4-6-20(26)21(19)30-15-10-25(27,28)11-16-30/h4-6H,7-18H2,1-3H3. The summed E-state index contributed by atoms with van der Waals surface area (Å²) in [7, 11) is 0. The van der Waals surface area contributed by atoms with E-state index in [9.17, 15) is 13.6 Å². The van der Waals surface area contributed by atoms with Crippen molar-refractivity contribution in [2.24, 2.45) is 5.41 Å². The van der Waals surface area contributed by atoms with Crippen LogP contribution in [-0.2, 0) is 11.3 Å². The second-order valence-corrected chi connectivity index (χ2v) is 11.4. The molecule has 0 N–H and O–H groups in total. The normalized spacial score (nSPS) is 23.2. The highest BCUT2D eigenvalue weighted by atomic mass is 35.5. The molecule has 3 heterocycles. The summed E-state index contributed by atoms with van der Waals surface area (Å²) in [5, 5.41) is 0.636. The van der Waals surface area contributed by atoms with Gasteiger partial charge in [0.05, 0.1) is 10.7 Å². The van der Waals surface area contributed by atoms with Crippen LogP contribution in [-0.4, -0.2) is 66.7 Å². The molecular formula is C25H36ClF2N3O2. The summed E-state index contributed by atoms with van der Waals surface area (Å²) < 4.78 is 32.9. The molecule has 184 valence electrons. The number of hydrogen-bond acceptors (Lipinski definition) is 4. The molecule has 0 aromatic heterocycles. The molecule has 5 nitrogen and oxygen atoms in total. The Labute approximate surface area is 201 Å². The largest absolute Gasteiger partial charge is 0.444 e. The first-order valence-electron chi connectivity index (χ1n) is 12.1. The van der Waals surface area contributed by atoms with E-state index in [4.69, 9.17) is 16.3 Å². The van der Waals surface area contributed by atoms with E-state index in [1.54, 1.807) is 0 Å². The van der Waals surface area contributed by atoms with E-state index in [2.05, 4.69) is 11.0 Å². The van der Waals surface area contributed by atoms with E-state index in [0.717, 1.165) is 63.2 Å². The first kappa shape index (κ1) is 24.5. The minimum absolute atomic E-state index is 0.126. The van der Waals surface area contributed by atoms with Crippen molar-refractivity contribution in [2.45, 2.75) is 70.9 Å². The lowest BCUT2D eigenvalue weighted by molar-refractivity contribution is -0.0221. The fourth-order valence-corrected chi connectivity index (χ4v) is 5.71. The number of para-hydroxylation sites is 1. The van der Waals surface area contributed by atoms with E-state index in [1.807, 2.05) is 42.7 Å². The molecule has 3 saturated heterocycles. The van der Waals surface area contributed by atoms with E-state index in [0.29, 0.717) is 18.1 Å². The van der Waals surface area contributed by atoms with Gasteiger partial charge in [-0.25, -0.2) is 13.6 Å². The zero-order chi connectivity index (χ0) is 23.9. The third-order valence-corrected chi connectivity index (χ3v) is 7.57. The molecule has 0 radical (unpaired) electrons. The maximum Gasteiger partial charge on any atom is 0.410 e. The summed E-state index contributed by atoms with van der Waals surface area (Å²) in [5.74, 6) is -2.58. The average Bonchev–Trinajstić information content (AvgIpc) is 3.10. The van der Waals surface area contributed by atoms with Gasteiger partial charge in [-0.05, 0) is 63.6 Å². The molecular weight excluding hydrogens is 448 g/mol. The smallest absolute Gasteiger partial charge is 0.410 e. The Hall–Kier alpha value is -1.60. The van der Waals surface area contributed by atoms with Gasteiger partial charge < -0.3 is 14.5 Å². The number of benzene rings is 1. The monoisotopic (exact) mass is 483 g/mol. The van der Waals surface area contributed by atoms with Gasteiger partial charge in [-0.2, -0.15) is 0 Å². The zero-order valence-corrected chi connectivity index (χ0v) is 20.8. The second-order valence-electron chi connectivity index (χ2n) is 11.0. The highest BCUT2D eigenvalue weighted by Crippen LogP contribution is 2.42. The number of anilines is 1. The van der Waals surface area contributed by atoms with Crippen LogP contribution in [0.15, 0.2) is 18.2 Å². The van der Waals surface area contributed by atoms with Crippen LogP contribution in [0.3, 0.4) is 0 Å². The number of nitrogens with zero attached hydrogens (tertiary/aromatic N) is 3. The summed E-state index contributed by atoms with van der Waals surface area (Å²) in [4.78, 5) is 18.7. The molecule has 1 amide bonds. The summed E-state index contributed by atoms with van der Waals surface area (Å²) in [5.41, 5.74) is 1.77. The lowest BCUT2D eigenvalue weighted by Crippen LogP contribution is -2.46. The molecule has 1 aromatic rings. The number of halogens is 3. The lowest BCUT2D eigenvalue weighted by Gasteiger charge is -2.40. The molecule has 3 aliphatic rings. The van der Waals surface area contributed by atoms with Crippen molar-refractivity contribution < 1.29 is 18.3 Å². The third kappa shape index (κ3) is 5.91. The molecule has 3 fully saturated rings. The van der Waals surface area contributed by atoms with Crippen molar-refractivity contribution in [3.05, 3.63) is 28.8 Å². The Morgan fingerprint density at radius 2 is 1.67 bits per heavy atom. The maximum atomic E-state index is 13.7. The fraction of sp³-hybridized carbons (Fsp3) is 0.720. The molecule has 1 spiro atoms. The number of piperidine rings is 2. The van der Waals surface area contributed by atoms with Gasteiger partial charge in [0.25, 0.3) is 5.92 Å². The molecule has 0 saturated carbocycles. The Bertz CT molecular complexity index is 856. The highest BCUT2D eigenvalue weighted by Gasteiger charge is 2.42. The van der Waals surface area contributed by atoms with Crippen LogP contribution in [0.2, 0.25) is 5.02 Å². The Morgan fingerprint density at radius 3 is 2.30 bits per heavy atom. The van der Waals surface area contributed by atoms with Gasteiger partial charge in [0.15, 0.2) is 0 Å². The topological polar surface area (TPSA) is 36.0 Å². The Kier molecular flexibility index (Phi) is 6.85. The van der Waals surface area contributed by atoms with Crippen molar-refractivity contribution >= 4 is 23.4 Å². The number of hydrogen-bond donors (Lipinski definition) is 0. The number of rotatable bonds is 3. The van der Waals surface area contributed by atoms with Crippen LogP contribution < -0.4 is 4.90 Å². The quantitative estimate of drug-likeness (QED) is 0.544. The lowest BCUT2D eigenvalue weighted by atomic mass is 9.78. The van der Waals surface area contributed by atoms with Crippen molar-refractivity contribution in [3.8, 4) is 0 Å². The van der Waals surface area contributed by atoms with Crippen LogP contribution in [0.5, 0.6) is 0 Å². The summed E-state index contributed by atoms with van der Waals surface area (Å²) in [6.45, 7) is 10.5. The minimum atomic E-state index is -2.58. The van der Waals surface area contributed by atoms with Gasteiger partial charge in [-0.3, -0.25) is 4.90 Å². The van der Waals surface area contributed by atoms with Crippen molar-refractivity contribution in [2.75, 3.05) is 44.2 Å². The molecule has 1 aromatic carbocycles. The first-order valence-corrected chi connectivity index (χ1v) is 12.4. The summed E-state index contributed by atoms with van der Waals surface area (Å²) in [6.07, 6.45) is 2.60. The van der Waals surface area contributed by atoms with Crippen LogP contribution in [0.4, 0.5) is 19.3 Å². The fourth-order valence-electron chi connectivity index (χ4n) is 5.40. The number of carbonyl (C=O) groups is 1. The first-order chi connectivity index (χ1) is 15.5. The van der Waals surface area contributed by atoms with Crippen LogP contribution in [0, 0.1) is 5.41 Å². The number of alkyl halides is 2. The van der Waals surface area contributed by atoms with E-state index in [1.165, 1.54) is 0 Å². The van der Waals surface area contributed by atoms with Gasteiger partial charge in [0.2, 0.25) is 0 Å². The van der Waals surface area contributed by atoms with Gasteiger partial charge in [0.1, 0.15) is 5.60 Å². The van der Waals surface area contributed by atoms with Gasteiger partial charge in [-0.15, -0.1) is 0 Å². The minimum Gasteiger partial charge on any atom is -0.444 e. The third-order valence-electron chi connectivity index (χ3n) is 7.27. The van der Waals surface area contributed by atoms with E-state index >= 15 is 0 Å². The van der Waals surface area contributed by atoms with Crippen molar-refractivity contribution in [1.82, 2.24) is 9.80 Å². The van der Waals surface area contributed by atoms with E-state index < -0.39 is 11.5 Å². The second kappa shape index (κ2) is 9.21. The number of likely N-dealkylation sites (tertiary alicyclic amines) is 2. The van der Waals surface area contributed by atoms with Crippen LogP contribution in [0.1, 0.15) is 58.4 Å². The number of carbonyl (C=O) groups excluding carboxylic acids is 1. The van der Waals surface area contributed by atoms with Crippen molar-refractivity contribution in [3.63, 3.8) is 0 Å². The van der Waals surface area contributed by atoms with Crippen LogP contribution >= 0.6 is 11.6 Å². The number of amides is 1. The van der Waals surface area contributed by atoms with Crippen LogP contribution in [0.25, 0.3) is 0 Å². The molecule has 8 heteroatoms. The number of ether oxygens (including phenoxy) is 1. The Morgan fingerprint density at radius 1 is 1.03 bits per heavy atom. The molecule has 0 bridgehead atoms. The maximum absolute atomic E-state index is 13.7. The van der Waals surface area contributed by atoms with Gasteiger partial charge >= 0.3 is 6.09 Å². The SMILES string of the molecule is CC(C)(C)OC(=O)N1CCC2(CCN(Cc3cccc(Cl)c3N3CCC(F)(F)CC3)C2)CC1. The van der Waals surface area contributed by atoms with Gasteiger partial charge in [-0.1, -0.05) is 23.7 Å². The van der Waals surface area contributed by atoms with E-state index in [-0.39, 0.29) is 24.3 Å². The summed E-state index contributed by atoms with van der Waals surface area (Å²) in [6, 6.07) is 5.87. The molecule has 0 aliphatic carbocycles. The molecule has 3 aliphatic heterocycles. The predicted octanol–water partition coefficient (Wildman–Crippen LogP) is 5.80. The highest BCUT2D eigenvalue weighted by molar-refractivity contribution is 6.33. The predicted molar refractivity (Wildman–Crippen MR) is 127 cm³/mol. The van der Waals surface area contributed by atoms with Gasteiger partial charge in [0, 0.05) is 52.1 Å². The van der Waals surface area contributed by atoms with Crippen molar-refractivity contribution in [1.29, 1.82) is 0 Å². The zero-order valence-electron chi connectivity index (χ0n) is 20.0. The molecule has 33 heavy (non-hydrogen) atoms.